The number of benzene rings is 2. The lowest BCUT2D eigenvalue weighted by molar-refractivity contribution is 0.306. The van der Waals surface area contributed by atoms with Gasteiger partial charge in [-0.3, -0.25) is 0 Å². The highest BCUT2D eigenvalue weighted by atomic mass is 19.1. The Balaban J connectivity index is 1.91. The summed E-state index contributed by atoms with van der Waals surface area (Å²) in [6.45, 7) is 0.897. The standard InChI is InChI=1S/C17H17FN2O/c1-20-10-13(11-21-15-6-3-5-14(18)8-15)16-7-2-4-12(9-19)17(16)20/h2-8,10H,9,11,19H2,1H3. The van der Waals surface area contributed by atoms with Gasteiger partial charge in [-0.05, 0) is 17.7 Å². The molecule has 3 rings (SSSR count). The van der Waals surface area contributed by atoms with Gasteiger partial charge < -0.3 is 15.0 Å². The van der Waals surface area contributed by atoms with Crippen LogP contribution in [0.5, 0.6) is 5.75 Å². The first-order valence-electron chi connectivity index (χ1n) is 6.83. The molecule has 0 amide bonds. The van der Waals surface area contributed by atoms with E-state index in [1.54, 1.807) is 12.1 Å². The molecule has 3 aromatic rings. The van der Waals surface area contributed by atoms with Crippen LogP contribution in [0.25, 0.3) is 10.9 Å². The van der Waals surface area contributed by atoms with Crippen molar-refractivity contribution in [2.45, 2.75) is 13.2 Å². The van der Waals surface area contributed by atoms with Gasteiger partial charge in [0.15, 0.2) is 0 Å². The van der Waals surface area contributed by atoms with Crippen LogP contribution >= 0.6 is 0 Å². The van der Waals surface area contributed by atoms with E-state index in [0.29, 0.717) is 18.9 Å². The molecule has 0 spiro atoms. The topological polar surface area (TPSA) is 40.2 Å². The Kier molecular flexibility index (Phi) is 3.62. The fraction of sp³-hybridized carbons (Fsp3) is 0.176. The van der Waals surface area contributed by atoms with Crippen molar-refractivity contribution >= 4 is 10.9 Å². The van der Waals surface area contributed by atoms with E-state index in [1.807, 2.05) is 25.4 Å². The summed E-state index contributed by atoms with van der Waals surface area (Å²) in [6, 6.07) is 12.3. The zero-order chi connectivity index (χ0) is 14.8. The van der Waals surface area contributed by atoms with Crippen LogP contribution < -0.4 is 10.5 Å². The lowest BCUT2D eigenvalue weighted by Crippen LogP contribution is -1.99. The van der Waals surface area contributed by atoms with Gasteiger partial charge in [0.1, 0.15) is 18.2 Å². The third-order valence-corrected chi connectivity index (χ3v) is 3.58. The highest BCUT2D eigenvalue weighted by Gasteiger charge is 2.10. The smallest absolute Gasteiger partial charge is 0.126 e. The highest BCUT2D eigenvalue weighted by molar-refractivity contribution is 5.86. The third kappa shape index (κ3) is 2.62. The van der Waals surface area contributed by atoms with Crippen LogP contribution in [0.4, 0.5) is 4.39 Å². The van der Waals surface area contributed by atoms with E-state index in [4.69, 9.17) is 10.5 Å². The van der Waals surface area contributed by atoms with E-state index in [0.717, 1.165) is 22.0 Å². The number of aromatic nitrogens is 1. The van der Waals surface area contributed by atoms with Crippen molar-refractivity contribution in [3.05, 3.63) is 65.6 Å². The van der Waals surface area contributed by atoms with Gasteiger partial charge in [-0.2, -0.15) is 0 Å². The minimum Gasteiger partial charge on any atom is -0.489 e. The molecule has 0 atom stereocenters. The second-order valence-corrected chi connectivity index (χ2v) is 5.03. The number of nitrogens with zero attached hydrogens (tertiary/aromatic N) is 1. The third-order valence-electron chi connectivity index (χ3n) is 3.58. The quantitative estimate of drug-likeness (QED) is 0.798. The minimum absolute atomic E-state index is 0.296. The molecule has 1 heterocycles. The summed E-state index contributed by atoms with van der Waals surface area (Å²) in [6.07, 6.45) is 2.03. The molecule has 2 N–H and O–H groups in total. The molecule has 0 saturated carbocycles. The summed E-state index contributed by atoms with van der Waals surface area (Å²) in [4.78, 5) is 0. The van der Waals surface area contributed by atoms with Crippen LogP contribution in [-0.4, -0.2) is 4.57 Å². The maximum atomic E-state index is 13.2. The van der Waals surface area contributed by atoms with Crippen molar-refractivity contribution in [2.24, 2.45) is 12.8 Å². The van der Waals surface area contributed by atoms with Gasteiger partial charge in [0.25, 0.3) is 0 Å². The van der Waals surface area contributed by atoms with Crippen molar-refractivity contribution in [3.63, 3.8) is 0 Å². The molecule has 0 radical (unpaired) electrons. The van der Waals surface area contributed by atoms with Gasteiger partial charge in [0.05, 0.1) is 5.52 Å². The molecule has 0 unspecified atom stereocenters. The van der Waals surface area contributed by atoms with Gasteiger partial charge >= 0.3 is 0 Å². The molecule has 2 aromatic carbocycles. The fourth-order valence-corrected chi connectivity index (χ4v) is 2.63. The predicted molar refractivity (Wildman–Crippen MR) is 81.5 cm³/mol. The van der Waals surface area contributed by atoms with E-state index in [2.05, 4.69) is 10.6 Å². The van der Waals surface area contributed by atoms with Gasteiger partial charge in [-0.1, -0.05) is 24.3 Å². The first-order chi connectivity index (χ1) is 10.2. The molecule has 4 heteroatoms. The lowest BCUT2D eigenvalue weighted by atomic mass is 10.1. The van der Waals surface area contributed by atoms with Crippen molar-refractivity contribution in [2.75, 3.05) is 0 Å². The maximum absolute atomic E-state index is 13.2. The zero-order valence-corrected chi connectivity index (χ0v) is 11.8. The number of nitrogens with two attached hydrogens (primary N) is 1. The molecule has 1 aromatic heterocycles. The van der Waals surface area contributed by atoms with Gasteiger partial charge in [0.2, 0.25) is 0 Å². The number of hydrogen-bond donors (Lipinski definition) is 1. The summed E-state index contributed by atoms with van der Waals surface area (Å²) in [5.74, 6) is 0.234. The van der Waals surface area contributed by atoms with Crippen molar-refractivity contribution < 1.29 is 9.13 Å². The second kappa shape index (κ2) is 5.58. The van der Waals surface area contributed by atoms with Crippen LogP contribution in [0.1, 0.15) is 11.1 Å². The molecule has 0 fully saturated rings. The Labute approximate surface area is 122 Å². The Hall–Kier alpha value is -2.33. The molecule has 3 nitrogen and oxygen atoms in total. The summed E-state index contributed by atoms with van der Waals surface area (Å²) in [5.41, 5.74) is 9.08. The molecule has 0 bridgehead atoms. The first kappa shape index (κ1) is 13.6. The normalized spacial score (nSPS) is 11.0. The zero-order valence-electron chi connectivity index (χ0n) is 11.8. The molecular weight excluding hydrogens is 267 g/mol. The van der Waals surface area contributed by atoms with Gasteiger partial charge in [0, 0.05) is 36.8 Å². The number of rotatable bonds is 4. The molecular formula is C17H17FN2O. The molecule has 0 aliphatic carbocycles. The Morgan fingerprint density at radius 3 is 2.71 bits per heavy atom. The second-order valence-electron chi connectivity index (χ2n) is 5.03. The van der Waals surface area contributed by atoms with Crippen molar-refractivity contribution in [1.82, 2.24) is 4.57 Å². The summed E-state index contributed by atoms with van der Waals surface area (Å²) >= 11 is 0. The monoisotopic (exact) mass is 284 g/mol. The van der Waals surface area contributed by atoms with Crippen LogP contribution in [0.2, 0.25) is 0 Å². The number of aryl methyl sites for hydroxylation is 1. The van der Waals surface area contributed by atoms with Crippen LogP contribution in [0.15, 0.2) is 48.7 Å². The Morgan fingerprint density at radius 2 is 1.95 bits per heavy atom. The minimum atomic E-state index is -0.296. The van der Waals surface area contributed by atoms with Crippen LogP contribution in [-0.2, 0) is 20.2 Å². The van der Waals surface area contributed by atoms with Crippen LogP contribution in [0, 0.1) is 5.82 Å². The molecule has 108 valence electrons. The fourth-order valence-electron chi connectivity index (χ4n) is 2.63. The first-order valence-corrected chi connectivity index (χ1v) is 6.83. The number of fused-ring (bicyclic) bond motifs is 1. The number of para-hydroxylation sites is 1. The Morgan fingerprint density at radius 1 is 1.14 bits per heavy atom. The maximum Gasteiger partial charge on any atom is 0.126 e. The predicted octanol–water partition coefficient (Wildman–Crippen LogP) is 3.36. The number of hydrogen-bond acceptors (Lipinski definition) is 2. The van der Waals surface area contributed by atoms with E-state index >= 15 is 0 Å². The SMILES string of the molecule is Cn1cc(COc2cccc(F)c2)c2cccc(CN)c21. The highest BCUT2D eigenvalue weighted by Crippen LogP contribution is 2.25. The molecule has 21 heavy (non-hydrogen) atoms. The Bertz CT molecular complexity index is 780. The molecule has 0 aliphatic rings. The molecule has 0 saturated heterocycles. The summed E-state index contributed by atoms with van der Waals surface area (Å²) < 4.78 is 20.9. The average molecular weight is 284 g/mol. The van der Waals surface area contributed by atoms with Crippen molar-refractivity contribution in [3.8, 4) is 5.75 Å². The van der Waals surface area contributed by atoms with Gasteiger partial charge in [-0.25, -0.2) is 4.39 Å². The van der Waals surface area contributed by atoms with E-state index < -0.39 is 0 Å². The molecule has 0 aliphatic heterocycles. The van der Waals surface area contributed by atoms with Crippen molar-refractivity contribution in [1.29, 1.82) is 0 Å². The van der Waals surface area contributed by atoms with E-state index in [1.165, 1.54) is 12.1 Å². The summed E-state index contributed by atoms with van der Waals surface area (Å²) in [7, 11) is 1.99. The average Bonchev–Trinajstić information content (AvgIpc) is 2.82. The van der Waals surface area contributed by atoms with E-state index in [9.17, 15) is 4.39 Å². The van der Waals surface area contributed by atoms with Crippen LogP contribution in [0.3, 0.4) is 0 Å². The summed E-state index contributed by atoms with van der Waals surface area (Å²) in [5, 5.41) is 1.12. The lowest BCUT2D eigenvalue weighted by Gasteiger charge is -2.06. The van der Waals surface area contributed by atoms with E-state index in [-0.39, 0.29) is 5.82 Å². The van der Waals surface area contributed by atoms with Gasteiger partial charge in [-0.15, -0.1) is 0 Å². The largest absolute Gasteiger partial charge is 0.489 e. The number of halogens is 1. The number of ether oxygens (including phenoxy) is 1.